The molecule has 0 saturated heterocycles. The summed E-state index contributed by atoms with van der Waals surface area (Å²) in [4.78, 5) is 11.3. The van der Waals surface area contributed by atoms with Crippen LogP contribution in [0.15, 0.2) is 18.2 Å². The summed E-state index contributed by atoms with van der Waals surface area (Å²) in [5, 5.41) is 11.9. The van der Waals surface area contributed by atoms with Crippen molar-refractivity contribution in [2.45, 2.75) is 0 Å². The minimum absolute atomic E-state index is 0.0472. The van der Waals surface area contributed by atoms with Crippen LogP contribution in [-0.2, 0) is 0 Å². The lowest BCUT2D eigenvalue weighted by Crippen LogP contribution is -2.25. The zero-order chi connectivity index (χ0) is 10.6. The van der Waals surface area contributed by atoms with E-state index < -0.39 is 12.6 Å². The molecule has 0 aliphatic carbocycles. The van der Waals surface area contributed by atoms with E-state index in [9.17, 15) is 14.3 Å². The van der Waals surface area contributed by atoms with Crippen LogP contribution in [0.4, 0.5) is 4.39 Å². The molecule has 0 spiro atoms. The van der Waals surface area contributed by atoms with Gasteiger partial charge in [0.2, 0.25) is 0 Å². The molecule has 0 aliphatic rings. The van der Waals surface area contributed by atoms with Gasteiger partial charge in [-0.25, -0.2) is 4.39 Å². The van der Waals surface area contributed by atoms with Crippen molar-refractivity contribution < 1.29 is 14.3 Å². The SMILES string of the molecule is O=C(NCCF)c1cc(Cl)ccc1O. The maximum atomic E-state index is 11.7. The van der Waals surface area contributed by atoms with E-state index in [4.69, 9.17) is 11.6 Å². The average molecular weight is 218 g/mol. The first-order valence-electron chi connectivity index (χ1n) is 3.98. The predicted molar refractivity (Wildman–Crippen MR) is 51.4 cm³/mol. The highest BCUT2D eigenvalue weighted by Crippen LogP contribution is 2.20. The monoisotopic (exact) mass is 217 g/mol. The molecule has 14 heavy (non-hydrogen) atoms. The van der Waals surface area contributed by atoms with E-state index in [-0.39, 0.29) is 17.9 Å². The van der Waals surface area contributed by atoms with Gasteiger partial charge < -0.3 is 10.4 Å². The molecule has 1 aromatic carbocycles. The number of benzene rings is 1. The Morgan fingerprint density at radius 1 is 1.57 bits per heavy atom. The van der Waals surface area contributed by atoms with Gasteiger partial charge in [-0.3, -0.25) is 4.79 Å². The van der Waals surface area contributed by atoms with Crippen molar-refractivity contribution in [3.8, 4) is 5.75 Å². The van der Waals surface area contributed by atoms with E-state index in [0.29, 0.717) is 5.02 Å². The summed E-state index contributed by atoms with van der Waals surface area (Å²) in [6, 6.07) is 4.10. The lowest BCUT2D eigenvalue weighted by molar-refractivity contribution is 0.0948. The van der Waals surface area contributed by atoms with Gasteiger partial charge in [-0.1, -0.05) is 11.6 Å². The number of rotatable bonds is 3. The Labute approximate surface area is 85.5 Å². The first-order valence-corrected chi connectivity index (χ1v) is 4.35. The number of amides is 1. The molecular formula is C9H9ClFNO2. The molecule has 3 nitrogen and oxygen atoms in total. The van der Waals surface area contributed by atoms with Crippen molar-refractivity contribution in [2.24, 2.45) is 0 Å². The molecular weight excluding hydrogens is 209 g/mol. The van der Waals surface area contributed by atoms with Crippen molar-refractivity contribution in [3.63, 3.8) is 0 Å². The summed E-state index contributed by atoms with van der Waals surface area (Å²) in [5.41, 5.74) is 0.0472. The minimum Gasteiger partial charge on any atom is -0.507 e. The van der Waals surface area contributed by atoms with Gasteiger partial charge >= 0.3 is 0 Å². The molecule has 0 heterocycles. The second-order valence-electron chi connectivity index (χ2n) is 2.61. The third-order valence-corrected chi connectivity index (χ3v) is 1.82. The summed E-state index contributed by atoms with van der Waals surface area (Å²) >= 11 is 5.63. The van der Waals surface area contributed by atoms with E-state index in [2.05, 4.69) is 5.32 Å². The number of aromatic hydroxyl groups is 1. The Hall–Kier alpha value is -1.29. The average Bonchev–Trinajstić information content (AvgIpc) is 2.18. The zero-order valence-corrected chi connectivity index (χ0v) is 8.01. The van der Waals surface area contributed by atoms with Crippen LogP contribution in [0.3, 0.4) is 0 Å². The van der Waals surface area contributed by atoms with Crippen LogP contribution in [0.1, 0.15) is 10.4 Å². The van der Waals surface area contributed by atoms with Gasteiger partial charge in [0.05, 0.1) is 5.56 Å². The Kier molecular flexibility index (Phi) is 3.71. The molecule has 2 N–H and O–H groups in total. The van der Waals surface area contributed by atoms with Crippen LogP contribution in [0.2, 0.25) is 5.02 Å². The normalized spacial score (nSPS) is 9.86. The second kappa shape index (κ2) is 4.81. The van der Waals surface area contributed by atoms with Crippen molar-refractivity contribution >= 4 is 17.5 Å². The Balaban J connectivity index is 2.83. The van der Waals surface area contributed by atoms with E-state index in [1.54, 1.807) is 0 Å². The van der Waals surface area contributed by atoms with E-state index in [0.717, 1.165) is 0 Å². The Morgan fingerprint density at radius 3 is 2.93 bits per heavy atom. The summed E-state index contributed by atoms with van der Waals surface area (Å²) in [6.07, 6.45) is 0. The number of hydrogen-bond acceptors (Lipinski definition) is 2. The largest absolute Gasteiger partial charge is 0.507 e. The second-order valence-corrected chi connectivity index (χ2v) is 3.04. The number of alkyl halides is 1. The van der Waals surface area contributed by atoms with E-state index in [1.807, 2.05) is 0 Å². The summed E-state index contributed by atoms with van der Waals surface area (Å²) in [5.74, 6) is -0.714. The highest BCUT2D eigenvalue weighted by Gasteiger charge is 2.10. The van der Waals surface area contributed by atoms with Crippen molar-refractivity contribution in [3.05, 3.63) is 28.8 Å². The number of hydrogen-bond donors (Lipinski definition) is 2. The van der Waals surface area contributed by atoms with Gasteiger partial charge in [-0.2, -0.15) is 0 Å². The van der Waals surface area contributed by atoms with Crippen molar-refractivity contribution in [1.82, 2.24) is 5.32 Å². The number of nitrogens with one attached hydrogen (secondary N) is 1. The van der Waals surface area contributed by atoms with Crippen LogP contribution >= 0.6 is 11.6 Å². The highest BCUT2D eigenvalue weighted by molar-refractivity contribution is 6.31. The molecule has 0 atom stereocenters. The molecule has 5 heteroatoms. The van der Waals surface area contributed by atoms with Crippen LogP contribution in [0.25, 0.3) is 0 Å². The maximum Gasteiger partial charge on any atom is 0.255 e. The first kappa shape index (κ1) is 10.8. The quantitative estimate of drug-likeness (QED) is 0.811. The maximum absolute atomic E-state index is 11.7. The predicted octanol–water partition coefficient (Wildman–Crippen LogP) is 1.74. The van der Waals surface area contributed by atoms with Crippen LogP contribution in [0.5, 0.6) is 5.75 Å². The number of carbonyl (C=O) groups excluding carboxylic acids is 1. The topological polar surface area (TPSA) is 49.3 Å². The van der Waals surface area contributed by atoms with Gasteiger partial charge in [0.1, 0.15) is 12.4 Å². The van der Waals surface area contributed by atoms with Gasteiger partial charge in [-0.15, -0.1) is 0 Å². The van der Waals surface area contributed by atoms with Crippen LogP contribution < -0.4 is 5.32 Å². The molecule has 0 saturated carbocycles. The molecule has 0 aromatic heterocycles. The fraction of sp³-hybridized carbons (Fsp3) is 0.222. The standard InChI is InChI=1S/C9H9ClFNO2/c10-6-1-2-8(13)7(5-6)9(14)12-4-3-11/h1-2,5,13H,3-4H2,(H,12,14). The molecule has 0 radical (unpaired) electrons. The van der Waals surface area contributed by atoms with E-state index in [1.165, 1.54) is 18.2 Å². The Morgan fingerprint density at radius 2 is 2.29 bits per heavy atom. The highest BCUT2D eigenvalue weighted by atomic mass is 35.5. The minimum atomic E-state index is -0.646. The fourth-order valence-corrected chi connectivity index (χ4v) is 1.12. The van der Waals surface area contributed by atoms with E-state index >= 15 is 0 Å². The first-order chi connectivity index (χ1) is 6.65. The number of halogens is 2. The molecule has 0 fully saturated rings. The number of phenols is 1. The van der Waals surface area contributed by atoms with Gasteiger partial charge in [0.25, 0.3) is 5.91 Å². The fourth-order valence-electron chi connectivity index (χ4n) is 0.946. The van der Waals surface area contributed by atoms with Crippen molar-refractivity contribution in [1.29, 1.82) is 0 Å². The summed E-state index contributed by atoms with van der Waals surface area (Å²) < 4.78 is 11.7. The van der Waals surface area contributed by atoms with Crippen molar-refractivity contribution in [2.75, 3.05) is 13.2 Å². The molecule has 1 aromatic rings. The molecule has 0 unspecified atom stereocenters. The lowest BCUT2D eigenvalue weighted by atomic mass is 10.2. The summed E-state index contributed by atoms with van der Waals surface area (Å²) in [7, 11) is 0. The molecule has 1 amide bonds. The lowest BCUT2D eigenvalue weighted by Gasteiger charge is -2.04. The summed E-state index contributed by atoms with van der Waals surface area (Å²) in [6.45, 7) is -0.724. The van der Waals surface area contributed by atoms with Crippen LogP contribution in [0, 0.1) is 0 Å². The molecule has 0 bridgehead atoms. The van der Waals surface area contributed by atoms with Crippen LogP contribution in [-0.4, -0.2) is 24.2 Å². The third-order valence-electron chi connectivity index (χ3n) is 1.58. The molecule has 1 rings (SSSR count). The van der Waals surface area contributed by atoms with Gasteiger partial charge in [0.15, 0.2) is 0 Å². The molecule has 76 valence electrons. The molecule has 0 aliphatic heterocycles. The van der Waals surface area contributed by atoms with Gasteiger partial charge in [-0.05, 0) is 18.2 Å². The smallest absolute Gasteiger partial charge is 0.255 e. The number of carbonyl (C=O) groups is 1. The van der Waals surface area contributed by atoms with Gasteiger partial charge in [0, 0.05) is 11.6 Å². The zero-order valence-electron chi connectivity index (χ0n) is 7.26. The number of phenolic OH excluding ortho intramolecular Hbond substituents is 1. The third kappa shape index (κ3) is 2.60. The Bertz CT molecular complexity index is 344.